The van der Waals surface area contributed by atoms with Crippen molar-refractivity contribution in [1.29, 1.82) is 0 Å². The number of hydrogen-bond donors (Lipinski definition) is 1. The first-order valence-corrected chi connectivity index (χ1v) is 10.8. The summed E-state index contributed by atoms with van der Waals surface area (Å²) < 4.78 is 27.0. The van der Waals surface area contributed by atoms with E-state index in [1.54, 1.807) is 19.2 Å². The van der Waals surface area contributed by atoms with Crippen molar-refractivity contribution in [1.82, 2.24) is 19.6 Å². The Morgan fingerprint density at radius 1 is 1.10 bits per heavy atom. The molecule has 0 atom stereocenters. The van der Waals surface area contributed by atoms with Gasteiger partial charge in [-0.3, -0.25) is 4.79 Å². The molecule has 0 aliphatic rings. The molecule has 0 aliphatic heterocycles. The number of rotatable bonds is 7. The van der Waals surface area contributed by atoms with Gasteiger partial charge in [-0.25, -0.2) is 23.1 Å². The van der Waals surface area contributed by atoms with E-state index < -0.39 is 10.0 Å². The first-order chi connectivity index (χ1) is 13.8. The molecule has 9 heteroatoms. The molecule has 1 N–H and O–H groups in total. The van der Waals surface area contributed by atoms with E-state index in [-0.39, 0.29) is 35.3 Å². The summed E-state index contributed by atoms with van der Waals surface area (Å²) in [5.41, 5.74) is 1.67. The fraction of sp³-hybridized carbons (Fsp3) is 0.250. The largest absolute Gasteiger partial charge is 0.338 e. The highest BCUT2D eigenvalue weighted by atomic mass is 35.5. The van der Waals surface area contributed by atoms with Gasteiger partial charge in [0.2, 0.25) is 15.9 Å². The molecule has 0 radical (unpaired) electrons. The van der Waals surface area contributed by atoms with E-state index in [1.807, 2.05) is 31.2 Å². The van der Waals surface area contributed by atoms with Gasteiger partial charge in [-0.2, -0.15) is 0 Å². The molecule has 7 nitrogen and oxygen atoms in total. The second-order valence-corrected chi connectivity index (χ2v) is 8.71. The first-order valence-electron chi connectivity index (χ1n) is 8.98. The molecule has 0 spiro atoms. The van der Waals surface area contributed by atoms with Crippen molar-refractivity contribution in [2.24, 2.45) is 0 Å². The summed E-state index contributed by atoms with van der Waals surface area (Å²) in [6, 6.07) is 13.8. The lowest BCUT2D eigenvalue weighted by Gasteiger charge is -2.17. The fourth-order valence-corrected chi connectivity index (χ4v) is 4.44. The summed E-state index contributed by atoms with van der Waals surface area (Å²) in [7, 11) is -2.14. The van der Waals surface area contributed by atoms with Crippen molar-refractivity contribution < 1.29 is 13.2 Å². The predicted octanol–water partition coefficient (Wildman–Crippen LogP) is 2.92. The molecule has 29 heavy (non-hydrogen) atoms. The van der Waals surface area contributed by atoms with Crippen LogP contribution >= 0.6 is 11.6 Å². The Morgan fingerprint density at radius 2 is 1.79 bits per heavy atom. The van der Waals surface area contributed by atoms with Crippen molar-refractivity contribution in [3.8, 4) is 0 Å². The van der Waals surface area contributed by atoms with Gasteiger partial charge >= 0.3 is 0 Å². The van der Waals surface area contributed by atoms with Crippen LogP contribution in [-0.2, 0) is 21.4 Å². The maximum Gasteiger partial charge on any atom is 0.242 e. The zero-order valence-corrected chi connectivity index (χ0v) is 17.7. The molecule has 0 unspecified atom stereocenters. The molecule has 1 heterocycles. The molecule has 0 saturated heterocycles. The van der Waals surface area contributed by atoms with E-state index >= 15 is 0 Å². The van der Waals surface area contributed by atoms with Crippen LogP contribution in [0.4, 0.5) is 0 Å². The van der Waals surface area contributed by atoms with Gasteiger partial charge in [0.1, 0.15) is 10.7 Å². The number of benzene rings is 2. The topological polar surface area (TPSA) is 92.3 Å². The molecular formula is C20H21ClN4O3S. The molecule has 3 rings (SSSR count). The molecule has 2 aromatic carbocycles. The van der Waals surface area contributed by atoms with E-state index in [0.717, 1.165) is 16.6 Å². The minimum Gasteiger partial charge on any atom is -0.338 e. The van der Waals surface area contributed by atoms with E-state index in [2.05, 4.69) is 14.7 Å². The molecule has 1 amide bonds. The number of fused-ring (bicyclic) bond motifs is 1. The Bertz CT molecular complexity index is 1150. The van der Waals surface area contributed by atoms with Crippen LogP contribution in [0.5, 0.6) is 0 Å². The summed E-state index contributed by atoms with van der Waals surface area (Å²) in [4.78, 5) is 22.8. The van der Waals surface area contributed by atoms with Gasteiger partial charge in [-0.1, -0.05) is 41.9 Å². The summed E-state index contributed by atoms with van der Waals surface area (Å²) in [5.74, 6) is 0.315. The minimum atomic E-state index is -3.78. The molecule has 152 valence electrons. The Balaban J connectivity index is 1.59. The zero-order chi connectivity index (χ0) is 21.0. The highest BCUT2D eigenvalue weighted by Crippen LogP contribution is 2.20. The van der Waals surface area contributed by atoms with E-state index in [1.165, 1.54) is 17.0 Å². The lowest BCUT2D eigenvalue weighted by molar-refractivity contribution is -0.130. The number of nitrogens with zero attached hydrogens (tertiary/aromatic N) is 3. The van der Waals surface area contributed by atoms with Crippen molar-refractivity contribution in [2.75, 3.05) is 13.6 Å². The SMILES string of the molecule is Cc1nc(CN(C)C(=O)CCNS(=O)(=O)c2ccccc2Cl)nc2ccccc12. The van der Waals surface area contributed by atoms with Crippen LogP contribution in [0.1, 0.15) is 17.9 Å². The Kier molecular flexibility index (Phi) is 6.46. The number of carbonyl (C=O) groups is 1. The molecule has 0 saturated carbocycles. The smallest absolute Gasteiger partial charge is 0.242 e. The number of nitrogens with one attached hydrogen (secondary N) is 1. The predicted molar refractivity (Wildman–Crippen MR) is 112 cm³/mol. The molecular weight excluding hydrogens is 412 g/mol. The van der Waals surface area contributed by atoms with Gasteiger partial charge in [0.25, 0.3) is 0 Å². The van der Waals surface area contributed by atoms with Gasteiger partial charge < -0.3 is 4.90 Å². The standard InChI is InChI=1S/C20H21ClN4O3S/c1-14-15-7-3-5-9-17(15)24-19(23-14)13-25(2)20(26)11-12-22-29(27,28)18-10-6-4-8-16(18)21/h3-10,22H,11-13H2,1-2H3. The maximum absolute atomic E-state index is 12.4. The normalized spacial score (nSPS) is 11.6. The summed E-state index contributed by atoms with van der Waals surface area (Å²) in [6.45, 7) is 2.11. The van der Waals surface area contributed by atoms with Gasteiger partial charge in [-0.05, 0) is 25.1 Å². The third-order valence-corrected chi connectivity index (χ3v) is 6.36. The fourth-order valence-electron chi connectivity index (χ4n) is 2.89. The molecule has 1 aromatic heterocycles. The zero-order valence-electron chi connectivity index (χ0n) is 16.1. The van der Waals surface area contributed by atoms with Gasteiger partial charge in [0.15, 0.2) is 0 Å². The van der Waals surface area contributed by atoms with Crippen LogP contribution in [0.2, 0.25) is 5.02 Å². The molecule has 0 bridgehead atoms. The minimum absolute atomic E-state index is 0.00669. The lowest BCUT2D eigenvalue weighted by Crippen LogP contribution is -2.32. The second-order valence-electron chi connectivity index (χ2n) is 6.57. The Morgan fingerprint density at radius 3 is 2.55 bits per heavy atom. The van der Waals surface area contributed by atoms with Crippen molar-refractivity contribution in [2.45, 2.75) is 24.8 Å². The van der Waals surface area contributed by atoms with Crippen molar-refractivity contribution >= 4 is 38.4 Å². The second kappa shape index (κ2) is 8.86. The number of para-hydroxylation sites is 1. The number of aromatic nitrogens is 2. The van der Waals surface area contributed by atoms with Gasteiger partial charge in [-0.15, -0.1) is 0 Å². The van der Waals surface area contributed by atoms with Crippen molar-refractivity contribution in [3.05, 3.63) is 65.1 Å². The van der Waals surface area contributed by atoms with Gasteiger partial charge in [0, 0.05) is 31.1 Å². The van der Waals surface area contributed by atoms with Crippen LogP contribution < -0.4 is 4.72 Å². The summed E-state index contributed by atoms with van der Waals surface area (Å²) in [6.07, 6.45) is 0.00669. The first kappa shape index (κ1) is 21.2. The number of sulfonamides is 1. The third-order valence-electron chi connectivity index (χ3n) is 4.40. The van der Waals surface area contributed by atoms with Crippen LogP contribution in [-0.4, -0.2) is 42.8 Å². The molecule has 3 aromatic rings. The number of aryl methyl sites for hydroxylation is 1. The van der Waals surface area contributed by atoms with E-state index in [9.17, 15) is 13.2 Å². The monoisotopic (exact) mass is 432 g/mol. The van der Waals surface area contributed by atoms with E-state index in [4.69, 9.17) is 11.6 Å². The van der Waals surface area contributed by atoms with Crippen LogP contribution in [0, 0.1) is 6.92 Å². The highest BCUT2D eigenvalue weighted by Gasteiger charge is 2.18. The summed E-state index contributed by atoms with van der Waals surface area (Å²) in [5, 5.41) is 1.10. The Labute approximate surface area is 174 Å². The number of carbonyl (C=O) groups excluding carboxylic acids is 1. The number of amides is 1. The average Bonchev–Trinajstić information content (AvgIpc) is 2.68. The number of hydrogen-bond acceptors (Lipinski definition) is 5. The number of halogens is 1. The lowest BCUT2D eigenvalue weighted by atomic mass is 10.2. The maximum atomic E-state index is 12.4. The Hall–Kier alpha value is -2.55. The quantitative estimate of drug-likeness (QED) is 0.619. The highest BCUT2D eigenvalue weighted by molar-refractivity contribution is 7.89. The van der Waals surface area contributed by atoms with Gasteiger partial charge in [0.05, 0.1) is 17.1 Å². The van der Waals surface area contributed by atoms with Crippen LogP contribution in [0.15, 0.2) is 53.4 Å². The third kappa shape index (κ3) is 5.09. The molecule has 0 aliphatic carbocycles. The van der Waals surface area contributed by atoms with Crippen LogP contribution in [0.25, 0.3) is 10.9 Å². The molecule has 0 fully saturated rings. The van der Waals surface area contributed by atoms with E-state index in [0.29, 0.717) is 5.82 Å². The summed E-state index contributed by atoms with van der Waals surface area (Å²) >= 11 is 5.94. The average molecular weight is 433 g/mol. The van der Waals surface area contributed by atoms with Crippen LogP contribution in [0.3, 0.4) is 0 Å². The van der Waals surface area contributed by atoms with Crippen molar-refractivity contribution in [3.63, 3.8) is 0 Å².